The minimum absolute atomic E-state index is 0.0510. The molecule has 2 aliphatic rings. The minimum Gasteiger partial charge on any atom is -0.345 e. The summed E-state index contributed by atoms with van der Waals surface area (Å²) in [4.78, 5) is 32.8. The van der Waals surface area contributed by atoms with Crippen LogP contribution >= 0.6 is 0 Å². The molecule has 3 amide bonds. The lowest BCUT2D eigenvalue weighted by molar-refractivity contribution is -0.135. The lowest BCUT2D eigenvalue weighted by atomic mass is 9.72. The number of imide groups is 1. The van der Waals surface area contributed by atoms with Crippen LogP contribution < -0.4 is 5.32 Å². The molecule has 1 saturated heterocycles. The van der Waals surface area contributed by atoms with Gasteiger partial charge in [-0.05, 0) is 77.9 Å². The number of carbonyl (C=O) groups is 2. The Hall–Kier alpha value is -2.64. The number of nitrogens with zero attached hydrogens (tertiary/aromatic N) is 4. The van der Waals surface area contributed by atoms with Crippen molar-refractivity contribution in [2.24, 2.45) is 5.92 Å². The standard InChI is InChI=1S/C29H43N5O2/c1-7-13-32-18-22(28(35)33(29(36)30-8-2)15-10-14-31(5)6)16-24-23-11-9-12-25-27(23)21(17-26(24)32)19-34(25)20(3)4/h7,9,11-12,19-20,22,24,26H,1,8,10,13-18H2,2-6H3,(H,30,36)/t22-,24?,26-/m1/s1. The molecule has 0 bridgehead atoms. The van der Waals surface area contributed by atoms with Gasteiger partial charge in [-0.2, -0.15) is 0 Å². The molecule has 1 aromatic heterocycles. The highest BCUT2D eigenvalue weighted by atomic mass is 16.2. The molecule has 3 atom stereocenters. The average molecular weight is 494 g/mol. The lowest BCUT2D eigenvalue weighted by Gasteiger charge is -2.47. The number of hydrogen-bond acceptors (Lipinski definition) is 4. The summed E-state index contributed by atoms with van der Waals surface area (Å²) < 4.78 is 2.38. The Kier molecular flexibility index (Phi) is 8.20. The molecule has 7 nitrogen and oxygen atoms in total. The SMILES string of the molecule is C=CCN1C[C@H](C(=O)N(CCCN(C)C)C(=O)NCC)CC2c3cccc4c3c(cn4C(C)C)C[C@H]21. The van der Waals surface area contributed by atoms with Crippen LogP contribution in [0.1, 0.15) is 56.7 Å². The number of rotatable bonds is 9. The average Bonchev–Trinajstić information content (AvgIpc) is 3.22. The van der Waals surface area contributed by atoms with Gasteiger partial charge in [0.25, 0.3) is 0 Å². The number of benzene rings is 1. The van der Waals surface area contributed by atoms with Gasteiger partial charge in [0, 0.05) is 61.3 Å². The summed E-state index contributed by atoms with van der Waals surface area (Å²) in [6, 6.07) is 7.08. The Bertz CT molecular complexity index is 1100. The Labute approximate surface area is 216 Å². The molecule has 7 heteroatoms. The van der Waals surface area contributed by atoms with Crippen LogP contribution in [0.3, 0.4) is 0 Å². The van der Waals surface area contributed by atoms with Crippen LogP contribution in [0.5, 0.6) is 0 Å². The highest BCUT2D eigenvalue weighted by molar-refractivity contribution is 5.96. The molecule has 1 N–H and O–H groups in total. The molecule has 1 aliphatic heterocycles. The molecule has 1 aromatic carbocycles. The van der Waals surface area contributed by atoms with Gasteiger partial charge in [0.2, 0.25) is 5.91 Å². The maximum atomic E-state index is 13.9. The van der Waals surface area contributed by atoms with Gasteiger partial charge in [0.05, 0.1) is 5.92 Å². The molecule has 4 rings (SSSR count). The van der Waals surface area contributed by atoms with E-state index >= 15 is 0 Å². The van der Waals surface area contributed by atoms with Crippen LogP contribution in [-0.4, -0.2) is 84.1 Å². The summed E-state index contributed by atoms with van der Waals surface area (Å²) in [5.41, 5.74) is 4.04. The quantitative estimate of drug-likeness (QED) is 0.531. The fraction of sp³-hybridized carbons (Fsp3) is 0.586. The van der Waals surface area contributed by atoms with Crippen molar-refractivity contribution in [3.8, 4) is 0 Å². The van der Waals surface area contributed by atoms with E-state index in [1.165, 1.54) is 26.9 Å². The predicted octanol–water partition coefficient (Wildman–Crippen LogP) is 4.25. The first kappa shape index (κ1) is 26.4. The third-order valence-corrected chi connectivity index (χ3v) is 7.82. The molecular weight excluding hydrogens is 450 g/mol. The summed E-state index contributed by atoms with van der Waals surface area (Å²) in [6.07, 6.45) is 6.79. The Morgan fingerprint density at radius 2 is 2.03 bits per heavy atom. The van der Waals surface area contributed by atoms with Gasteiger partial charge >= 0.3 is 6.03 Å². The fourth-order valence-corrected chi connectivity index (χ4v) is 6.24. The minimum atomic E-state index is -0.277. The summed E-state index contributed by atoms with van der Waals surface area (Å²) >= 11 is 0. The molecule has 1 unspecified atom stereocenters. The zero-order valence-corrected chi connectivity index (χ0v) is 22.7. The van der Waals surface area contributed by atoms with Crippen molar-refractivity contribution in [3.63, 3.8) is 0 Å². The van der Waals surface area contributed by atoms with E-state index in [2.05, 4.69) is 64.5 Å². The van der Waals surface area contributed by atoms with E-state index in [0.29, 0.717) is 31.7 Å². The van der Waals surface area contributed by atoms with E-state index in [0.717, 1.165) is 32.4 Å². The van der Waals surface area contributed by atoms with Crippen LogP contribution in [0, 0.1) is 5.92 Å². The highest BCUT2D eigenvalue weighted by Gasteiger charge is 2.44. The van der Waals surface area contributed by atoms with E-state index in [4.69, 9.17) is 0 Å². The largest absolute Gasteiger partial charge is 0.345 e. The molecule has 1 fully saturated rings. The first-order valence-corrected chi connectivity index (χ1v) is 13.5. The summed E-state index contributed by atoms with van der Waals surface area (Å²) in [6.45, 7) is 13.5. The van der Waals surface area contributed by atoms with E-state index in [9.17, 15) is 9.59 Å². The highest BCUT2D eigenvalue weighted by Crippen LogP contribution is 2.46. The van der Waals surface area contributed by atoms with Crippen LogP contribution in [0.15, 0.2) is 37.1 Å². The van der Waals surface area contributed by atoms with E-state index in [1.807, 2.05) is 27.1 Å². The molecule has 0 saturated carbocycles. The van der Waals surface area contributed by atoms with Gasteiger partial charge in [-0.15, -0.1) is 6.58 Å². The van der Waals surface area contributed by atoms with Gasteiger partial charge in [-0.3, -0.25) is 14.6 Å². The first-order chi connectivity index (χ1) is 17.3. The van der Waals surface area contributed by atoms with E-state index in [1.54, 1.807) is 0 Å². The van der Waals surface area contributed by atoms with Crippen LogP contribution in [0.25, 0.3) is 10.9 Å². The number of nitrogens with one attached hydrogen (secondary N) is 1. The molecule has 2 aromatic rings. The number of fused-ring (bicyclic) bond motifs is 2. The second kappa shape index (κ2) is 11.2. The number of hydrogen-bond donors (Lipinski definition) is 1. The first-order valence-electron chi connectivity index (χ1n) is 13.5. The molecule has 36 heavy (non-hydrogen) atoms. The number of aromatic nitrogens is 1. The Balaban J connectivity index is 1.66. The number of piperidine rings is 1. The van der Waals surface area contributed by atoms with Crippen molar-refractivity contribution in [2.45, 2.75) is 58.0 Å². The van der Waals surface area contributed by atoms with Crippen LogP contribution in [-0.2, 0) is 11.2 Å². The van der Waals surface area contributed by atoms with Gasteiger partial charge in [0.15, 0.2) is 0 Å². The maximum absolute atomic E-state index is 13.9. The normalized spacial score (nSPS) is 21.6. The third-order valence-electron chi connectivity index (χ3n) is 7.82. The van der Waals surface area contributed by atoms with Crippen LogP contribution in [0.2, 0.25) is 0 Å². The van der Waals surface area contributed by atoms with Gasteiger partial charge in [-0.25, -0.2) is 4.79 Å². The van der Waals surface area contributed by atoms with E-state index in [-0.39, 0.29) is 23.8 Å². The number of likely N-dealkylation sites (tertiary alicyclic amines) is 1. The van der Waals surface area contributed by atoms with Crippen LogP contribution in [0.4, 0.5) is 4.79 Å². The zero-order valence-electron chi connectivity index (χ0n) is 22.7. The third kappa shape index (κ3) is 5.09. The van der Waals surface area contributed by atoms with Crippen molar-refractivity contribution in [2.75, 3.05) is 46.8 Å². The zero-order chi connectivity index (χ0) is 26.0. The molecular formula is C29H43N5O2. The van der Waals surface area contributed by atoms with Gasteiger partial charge in [0.1, 0.15) is 0 Å². The number of amides is 3. The van der Waals surface area contributed by atoms with Gasteiger partial charge in [-0.1, -0.05) is 18.2 Å². The van der Waals surface area contributed by atoms with Crippen molar-refractivity contribution in [3.05, 3.63) is 48.2 Å². The summed E-state index contributed by atoms with van der Waals surface area (Å²) in [5, 5.41) is 4.23. The monoisotopic (exact) mass is 493 g/mol. The van der Waals surface area contributed by atoms with Crippen molar-refractivity contribution >= 4 is 22.8 Å². The molecule has 2 heterocycles. The molecule has 0 radical (unpaired) electrons. The summed E-state index contributed by atoms with van der Waals surface area (Å²) in [5.74, 6) is -0.0215. The Morgan fingerprint density at radius 3 is 2.69 bits per heavy atom. The Morgan fingerprint density at radius 1 is 1.25 bits per heavy atom. The number of carbonyl (C=O) groups excluding carboxylic acids is 2. The number of urea groups is 1. The second-order valence-corrected chi connectivity index (χ2v) is 10.9. The maximum Gasteiger partial charge on any atom is 0.324 e. The van der Waals surface area contributed by atoms with Crippen molar-refractivity contribution in [1.82, 2.24) is 24.6 Å². The van der Waals surface area contributed by atoms with Crippen molar-refractivity contribution in [1.29, 1.82) is 0 Å². The van der Waals surface area contributed by atoms with E-state index < -0.39 is 0 Å². The van der Waals surface area contributed by atoms with Gasteiger partial charge < -0.3 is 14.8 Å². The summed E-state index contributed by atoms with van der Waals surface area (Å²) in [7, 11) is 4.02. The molecule has 196 valence electrons. The molecule has 1 aliphatic carbocycles. The topological polar surface area (TPSA) is 60.8 Å². The fourth-order valence-electron chi connectivity index (χ4n) is 6.24. The lowest BCUT2D eigenvalue weighted by Crippen LogP contribution is -2.55. The second-order valence-electron chi connectivity index (χ2n) is 10.9. The molecule has 0 spiro atoms. The van der Waals surface area contributed by atoms with Crippen molar-refractivity contribution < 1.29 is 9.59 Å². The smallest absolute Gasteiger partial charge is 0.324 e. The predicted molar refractivity (Wildman–Crippen MR) is 146 cm³/mol.